The number of fused-ring (bicyclic) bond motifs is 1. The molecule has 0 saturated heterocycles. The van der Waals surface area contributed by atoms with Gasteiger partial charge >= 0.3 is 0 Å². The van der Waals surface area contributed by atoms with E-state index in [0.29, 0.717) is 6.04 Å². The van der Waals surface area contributed by atoms with E-state index in [4.69, 9.17) is 0 Å². The van der Waals surface area contributed by atoms with E-state index < -0.39 is 0 Å². The molecule has 0 saturated carbocycles. The fourth-order valence-electron chi connectivity index (χ4n) is 2.43. The van der Waals surface area contributed by atoms with Crippen LogP contribution in [-0.4, -0.2) is 0 Å². The Morgan fingerprint density at radius 2 is 2.29 bits per heavy atom. The molecule has 1 unspecified atom stereocenters. The molecule has 0 spiro atoms. The lowest BCUT2D eigenvalue weighted by atomic mass is 10.1. The summed E-state index contributed by atoms with van der Waals surface area (Å²) in [5.41, 5.74) is 3.75. The lowest BCUT2D eigenvalue weighted by Crippen LogP contribution is -2.18. The Hall–Kier alpha value is -1.19. The molecule has 0 bridgehead atoms. The Morgan fingerprint density at radius 1 is 1.35 bits per heavy atom. The molecule has 17 heavy (non-hydrogen) atoms. The molecule has 0 amide bonds. The van der Waals surface area contributed by atoms with E-state index >= 15 is 0 Å². The first kappa shape index (κ1) is 10.9. The summed E-state index contributed by atoms with van der Waals surface area (Å²) >= 11 is 1.72. The summed E-state index contributed by atoms with van der Waals surface area (Å²) in [4.78, 5) is 0. The van der Waals surface area contributed by atoms with Gasteiger partial charge in [0.25, 0.3) is 0 Å². The molecule has 1 nitrogen and oxygen atoms in total. The third-order valence-corrected chi connectivity index (χ3v) is 4.05. The Kier molecular flexibility index (Phi) is 2.95. The van der Waals surface area contributed by atoms with Gasteiger partial charge in [0, 0.05) is 12.6 Å². The second-order valence-electron chi connectivity index (χ2n) is 4.45. The number of hydrogen-bond donors (Lipinski definition) is 1. The van der Waals surface area contributed by atoms with Crippen molar-refractivity contribution in [2.45, 2.75) is 25.4 Å². The molecule has 1 aliphatic rings. The second-order valence-corrected chi connectivity index (χ2v) is 5.23. The molecule has 3 heteroatoms. The summed E-state index contributed by atoms with van der Waals surface area (Å²) < 4.78 is 13.1. The topological polar surface area (TPSA) is 12.0 Å². The van der Waals surface area contributed by atoms with Gasteiger partial charge in [0.2, 0.25) is 0 Å². The molecule has 3 rings (SSSR count). The van der Waals surface area contributed by atoms with Crippen LogP contribution in [0.25, 0.3) is 0 Å². The maximum Gasteiger partial charge on any atom is 0.123 e. The first-order valence-corrected chi connectivity index (χ1v) is 6.80. The van der Waals surface area contributed by atoms with E-state index in [1.807, 2.05) is 6.07 Å². The zero-order chi connectivity index (χ0) is 11.7. The number of aryl methyl sites for hydroxylation is 1. The van der Waals surface area contributed by atoms with Gasteiger partial charge in [0.05, 0.1) is 0 Å². The minimum atomic E-state index is -0.123. The third-order valence-electron chi connectivity index (χ3n) is 3.32. The smallest absolute Gasteiger partial charge is 0.123 e. The highest BCUT2D eigenvalue weighted by molar-refractivity contribution is 7.07. The fraction of sp³-hybridized carbons (Fsp3) is 0.286. The Bertz CT molecular complexity index is 507. The molecule has 1 aliphatic carbocycles. The average molecular weight is 247 g/mol. The number of hydrogen-bond acceptors (Lipinski definition) is 2. The van der Waals surface area contributed by atoms with Gasteiger partial charge < -0.3 is 5.32 Å². The van der Waals surface area contributed by atoms with Crippen LogP contribution in [0, 0.1) is 5.82 Å². The van der Waals surface area contributed by atoms with Crippen molar-refractivity contribution in [2.75, 3.05) is 0 Å². The summed E-state index contributed by atoms with van der Waals surface area (Å²) in [6.07, 6.45) is 2.05. The molecular formula is C14H14FNS. The Balaban J connectivity index is 1.71. The second kappa shape index (κ2) is 4.59. The highest BCUT2D eigenvalue weighted by atomic mass is 32.1. The van der Waals surface area contributed by atoms with Crippen molar-refractivity contribution >= 4 is 11.3 Å². The van der Waals surface area contributed by atoms with Gasteiger partial charge in [0.1, 0.15) is 5.82 Å². The number of rotatable bonds is 3. The normalized spacial score (nSPS) is 18.3. The number of halogens is 1. The lowest BCUT2D eigenvalue weighted by molar-refractivity contribution is 0.530. The molecule has 1 atom stereocenters. The predicted molar refractivity (Wildman–Crippen MR) is 68.6 cm³/mol. The van der Waals surface area contributed by atoms with Crippen LogP contribution >= 0.6 is 11.3 Å². The summed E-state index contributed by atoms with van der Waals surface area (Å²) in [5, 5.41) is 7.80. The minimum Gasteiger partial charge on any atom is -0.306 e. The summed E-state index contributed by atoms with van der Waals surface area (Å²) in [7, 11) is 0. The van der Waals surface area contributed by atoms with Crippen LogP contribution in [0.15, 0.2) is 35.0 Å². The molecular weight excluding hydrogens is 233 g/mol. The van der Waals surface area contributed by atoms with Crippen molar-refractivity contribution in [1.82, 2.24) is 5.32 Å². The maximum absolute atomic E-state index is 13.1. The molecule has 2 aromatic rings. The van der Waals surface area contributed by atoms with Gasteiger partial charge in [-0.05, 0) is 58.5 Å². The molecule has 1 N–H and O–H groups in total. The van der Waals surface area contributed by atoms with Crippen LogP contribution in [-0.2, 0) is 13.0 Å². The number of thiophene rings is 1. The minimum absolute atomic E-state index is 0.123. The van der Waals surface area contributed by atoms with Gasteiger partial charge in [-0.2, -0.15) is 11.3 Å². The SMILES string of the molecule is Fc1ccc2c(c1)CCC2NCc1ccsc1. The summed E-state index contributed by atoms with van der Waals surface area (Å²) in [6.45, 7) is 0.894. The monoisotopic (exact) mass is 247 g/mol. The zero-order valence-corrected chi connectivity index (χ0v) is 10.3. The van der Waals surface area contributed by atoms with Gasteiger partial charge in [-0.15, -0.1) is 0 Å². The average Bonchev–Trinajstić information content (AvgIpc) is 2.94. The largest absolute Gasteiger partial charge is 0.306 e. The summed E-state index contributed by atoms with van der Waals surface area (Å²) in [6, 6.07) is 7.66. The quantitative estimate of drug-likeness (QED) is 0.872. The first-order valence-electron chi connectivity index (χ1n) is 5.86. The lowest BCUT2D eigenvalue weighted by Gasteiger charge is -2.13. The molecule has 0 radical (unpaired) electrons. The number of nitrogens with one attached hydrogen (secondary N) is 1. The molecule has 0 fully saturated rings. The van der Waals surface area contributed by atoms with Crippen LogP contribution in [0.3, 0.4) is 0 Å². The van der Waals surface area contributed by atoms with E-state index in [-0.39, 0.29) is 5.82 Å². The van der Waals surface area contributed by atoms with Gasteiger partial charge in [-0.3, -0.25) is 0 Å². The first-order chi connectivity index (χ1) is 8.33. The van der Waals surface area contributed by atoms with Gasteiger partial charge in [-0.1, -0.05) is 6.07 Å². The van der Waals surface area contributed by atoms with Crippen LogP contribution in [0.4, 0.5) is 4.39 Å². The van der Waals surface area contributed by atoms with Crippen molar-refractivity contribution < 1.29 is 4.39 Å². The maximum atomic E-state index is 13.1. The van der Waals surface area contributed by atoms with Gasteiger partial charge in [-0.25, -0.2) is 4.39 Å². The third kappa shape index (κ3) is 2.26. The van der Waals surface area contributed by atoms with Crippen molar-refractivity contribution in [3.8, 4) is 0 Å². The van der Waals surface area contributed by atoms with E-state index in [9.17, 15) is 4.39 Å². The standard InChI is InChI=1S/C14H14FNS/c15-12-2-3-13-11(7-12)1-4-14(13)16-8-10-5-6-17-9-10/h2-3,5-7,9,14,16H,1,4,8H2. The predicted octanol–water partition coefficient (Wildman–Crippen LogP) is 3.66. The molecule has 1 aromatic carbocycles. The fourth-order valence-corrected chi connectivity index (χ4v) is 3.10. The van der Waals surface area contributed by atoms with Crippen molar-refractivity contribution in [3.05, 3.63) is 57.5 Å². The van der Waals surface area contributed by atoms with Crippen molar-refractivity contribution in [1.29, 1.82) is 0 Å². The highest BCUT2D eigenvalue weighted by Crippen LogP contribution is 2.31. The van der Waals surface area contributed by atoms with E-state index in [1.54, 1.807) is 23.5 Å². The molecule has 88 valence electrons. The number of benzene rings is 1. The highest BCUT2D eigenvalue weighted by Gasteiger charge is 2.22. The van der Waals surface area contributed by atoms with Gasteiger partial charge in [0.15, 0.2) is 0 Å². The molecule has 1 aromatic heterocycles. The molecule has 1 heterocycles. The van der Waals surface area contributed by atoms with Crippen molar-refractivity contribution in [3.63, 3.8) is 0 Å². The van der Waals surface area contributed by atoms with Crippen LogP contribution in [0.2, 0.25) is 0 Å². The zero-order valence-electron chi connectivity index (χ0n) is 9.45. The van der Waals surface area contributed by atoms with E-state index in [2.05, 4.69) is 22.1 Å². The Morgan fingerprint density at radius 3 is 3.12 bits per heavy atom. The van der Waals surface area contributed by atoms with Crippen LogP contribution < -0.4 is 5.32 Å². The Labute approximate surface area is 104 Å². The van der Waals surface area contributed by atoms with E-state index in [1.165, 1.54) is 11.1 Å². The van der Waals surface area contributed by atoms with Crippen LogP contribution in [0.1, 0.15) is 29.2 Å². The summed E-state index contributed by atoms with van der Waals surface area (Å²) in [5.74, 6) is -0.123. The molecule has 0 aliphatic heterocycles. The van der Waals surface area contributed by atoms with Crippen LogP contribution in [0.5, 0.6) is 0 Å². The van der Waals surface area contributed by atoms with Crippen molar-refractivity contribution in [2.24, 2.45) is 0 Å². The van der Waals surface area contributed by atoms with E-state index in [0.717, 1.165) is 24.9 Å².